The number of halogens is 1. The van der Waals surface area contributed by atoms with E-state index in [1.54, 1.807) is 19.1 Å². The fourth-order valence-corrected chi connectivity index (χ4v) is 1.90. The second kappa shape index (κ2) is 6.62. The van der Waals surface area contributed by atoms with E-state index < -0.39 is 23.2 Å². The third-order valence-corrected chi connectivity index (χ3v) is 3.15. The lowest BCUT2D eigenvalue weighted by Gasteiger charge is -2.21. The molecule has 7 heteroatoms. The summed E-state index contributed by atoms with van der Waals surface area (Å²) in [5.41, 5.74) is -1.29. The third kappa shape index (κ3) is 4.40. The molecule has 2 aromatic rings. The van der Waals surface area contributed by atoms with Crippen molar-refractivity contribution in [2.24, 2.45) is 0 Å². The number of hydrogen-bond donors (Lipinski definition) is 3. The van der Waals surface area contributed by atoms with Crippen LogP contribution < -0.4 is 10.6 Å². The Morgan fingerprint density at radius 2 is 2.00 bits per heavy atom. The SMILES string of the molecule is Cc1ccc(C(C)(O)CNC(=O)C(=O)Nc2cccc(F)c2)o1. The van der Waals surface area contributed by atoms with Crippen molar-refractivity contribution in [3.05, 3.63) is 53.7 Å². The Hall–Kier alpha value is -2.67. The number of carbonyl (C=O) groups is 2. The van der Waals surface area contributed by atoms with Crippen LogP contribution in [0.1, 0.15) is 18.4 Å². The quantitative estimate of drug-likeness (QED) is 0.748. The molecule has 0 spiro atoms. The molecule has 1 heterocycles. The molecule has 0 fully saturated rings. The Bertz CT molecular complexity index is 724. The van der Waals surface area contributed by atoms with Gasteiger partial charge in [0.2, 0.25) is 0 Å². The normalized spacial score (nSPS) is 13.2. The van der Waals surface area contributed by atoms with E-state index in [2.05, 4.69) is 10.6 Å². The summed E-state index contributed by atoms with van der Waals surface area (Å²) in [6, 6.07) is 8.45. The van der Waals surface area contributed by atoms with Crippen LogP contribution in [0.3, 0.4) is 0 Å². The molecule has 0 saturated carbocycles. The maximum Gasteiger partial charge on any atom is 0.313 e. The van der Waals surface area contributed by atoms with Gasteiger partial charge in [0.1, 0.15) is 22.9 Å². The first-order valence-electron chi connectivity index (χ1n) is 6.92. The number of nitrogens with one attached hydrogen (secondary N) is 2. The summed E-state index contributed by atoms with van der Waals surface area (Å²) in [5.74, 6) is -1.53. The molecule has 122 valence electrons. The summed E-state index contributed by atoms with van der Waals surface area (Å²) >= 11 is 0. The molecule has 0 aliphatic carbocycles. The number of hydrogen-bond acceptors (Lipinski definition) is 4. The lowest BCUT2D eigenvalue weighted by Crippen LogP contribution is -2.43. The molecular formula is C16H17FN2O4. The zero-order valence-electron chi connectivity index (χ0n) is 12.7. The molecule has 2 rings (SSSR count). The predicted octanol–water partition coefficient (Wildman–Crippen LogP) is 1.69. The van der Waals surface area contributed by atoms with Gasteiger partial charge in [-0.15, -0.1) is 0 Å². The van der Waals surface area contributed by atoms with E-state index in [1.165, 1.54) is 25.1 Å². The number of carbonyl (C=O) groups excluding carboxylic acids is 2. The summed E-state index contributed by atoms with van der Waals surface area (Å²) in [6.07, 6.45) is 0. The Labute approximate surface area is 132 Å². The number of rotatable bonds is 4. The van der Waals surface area contributed by atoms with Crippen LogP contribution in [-0.4, -0.2) is 23.5 Å². The fourth-order valence-electron chi connectivity index (χ4n) is 1.90. The van der Waals surface area contributed by atoms with Gasteiger partial charge in [-0.05, 0) is 44.2 Å². The summed E-state index contributed by atoms with van der Waals surface area (Å²) in [5, 5.41) is 14.8. The number of anilines is 1. The molecule has 0 radical (unpaired) electrons. The van der Waals surface area contributed by atoms with Crippen molar-refractivity contribution in [2.75, 3.05) is 11.9 Å². The Morgan fingerprint density at radius 3 is 2.61 bits per heavy atom. The van der Waals surface area contributed by atoms with Gasteiger partial charge in [-0.3, -0.25) is 9.59 Å². The average Bonchev–Trinajstić information content (AvgIpc) is 2.92. The summed E-state index contributed by atoms with van der Waals surface area (Å²) in [4.78, 5) is 23.5. The van der Waals surface area contributed by atoms with Crippen molar-refractivity contribution >= 4 is 17.5 Å². The molecule has 1 aromatic heterocycles. The van der Waals surface area contributed by atoms with Crippen LogP contribution in [0.5, 0.6) is 0 Å². The van der Waals surface area contributed by atoms with Gasteiger partial charge in [0.15, 0.2) is 0 Å². The predicted molar refractivity (Wildman–Crippen MR) is 81.1 cm³/mol. The van der Waals surface area contributed by atoms with Gasteiger partial charge >= 0.3 is 11.8 Å². The summed E-state index contributed by atoms with van der Waals surface area (Å²) in [6.45, 7) is 2.97. The second-order valence-electron chi connectivity index (χ2n) is 5.33. The molecule has 1 atom stereocenters. The van der Waals surface area contributed by atoms with E-state index in [0.29, 0.717) is 5.76 Å². The Balaban J connectivity index is 1.92. The largest absolute Gasteiger partial charge is 0.463 e. The van der Waals surface area contributed by atoms with E-state index in [9.17, 15) is 19.1 Å². The topological polar surface area (TPSA) is 91.6 Å². The van der Waals surface area contributed by atoms with Gasteiger partial charge < -0.3 is 20.2 Å². The second-order valence-corrected chi connectivity index (χ2v) is 5.33. The van der Waals surface area contributed by atoms with Crippen LogP contribution in [0.2, 0.25) is 0 Å². The minimum atomic E-state index is -1.46. The number of aliphatic hydroxyl groups is 1. The Morgan fingerprint density at radius 1 is 1.26 bits per heavy atom. The Kier molecular flexibility index (Phi) is 4.80. The molecule has 0 saturated heterocycles. The fraction of sp³-hybridized carbons (Fsp3) is 0.250. The van der Waals surface area contributed by atoms with Gasteiger partial charge in [-0.25, -0.2) is 4.39 Å². The minimum Gasteiger partial charge on any atom is -0.463 e. The molecular weight excluding hydrogens is 303 g/mol. The van der Waals surface area contributed by atoms with E-state index in [4.69, 9.17) is 4.42 Å². The zero-order chi connectivity index (χ0) is 17.0. The third-order valence-electron chi connectivity index (χ3n) is 3.15. The minimum absolute atomic E-state index is 0.165. The molecule has 3 N–H and O–H groups in total. The molecule has 0 bridgehead atoms. The lowest BCUT2D eigenvalue weighted by atomic mass is 10.0. The standard InChI is InChI=1S/C16H17FN2O4/c1-10-6-7-13(23-10)16(2,22)9-18-14(20)15(21)19-12-5-3-4-11(17)8-12/h3-8,22H,9H2,1-2H3,(H,18,20)(H,19,21). The van der Waals surface area contributed by atoms with Crippen molar-refractivity contribution in [3.8, 4) is 0 Å². The molecule has 23 heavy (non-hydrogen) atoms. The van der Waals surface area contributed by atoms with Gasteiger partial charge in [-0.2, -0.15) is 0 Å². The van der Waals surface area contributed by atoms with E-state index >= 15 is 0 Å². The van der Waals surface area contributed by atoms with Crippen LogP contribution in [-0.2, 0) is 15.2 Å². The highest BCUT2D eigenvalue weighted by atomic mass is 19.1. The lowest BCUT2D eigenvalue weighted by molar-refractivity contribution is -0.136. The van der Waals surface area contributed by atoms with Crippen molar-refractivity contribution in [1.82, 2.24) is 5.32 Å². The summed E-state index contributed by atoms with van der Waals surface area (Å²) in [7, 11) is 0. The monoisotopic (exact) mass is 320 g/mol. The smallest absolute Gasteiger partial charge is 0.313 e. The number of amides is 2. The maximum atomic E-state index is 13.0. The van der Waals surface area contributed by atoms with Crippen LogP contribution in [0.15, 0.2) is 40.8 Å². The van der Waals surface area contributed by atoms with E-state index in [0.717, 1.165) is 6.07 Å². The van der Waals surface area contributed by atoms with Gasteiger partial charge in [0.05, 0.1) is 6.54 Å². The van der Waals surface area contributed by atoms with Crippen LogP contribution >= 0.6 is 0 Å². The van der Waals surface area contributed by atoms with Crippen molar-refractivity contribution in [2.45, 2.75) is 19.4 Å². The summed E-state index contributed by atoms with van der Waals surface area (Å²) < 4.78 is 18.3. The van der Waals surface area contributed by atoms with Crippen molar-refractivity contribution in [1.29, 1.82) is 0 Å². The van der Waals surface area contributed by atoms with Gasteiger partial charge in [0, 0.05) is 5.69 Å². The number of benzene rings is 1. The molecule has 2 amide bonds. The van der Waals surface area contributed by atoms with Crippen LogP contribution in [0.25, 0.3) is 0 Å². The number of furan rings is 1. The molecule has 0 aliphatic heterocycles. The molecule has 0 aliphatic rings. The van der Waals surface area contributed by atoms with Gasteiger partial charge in [-0.1, -0.05) is 6.07 Å². The van der Waals surface area contributed by atoms with E-state index in [1.807, 2.05) is 0 Å². The highest BCUT2D eigenvalue weighted by Crippen LogP contribution is 2.21. The first kappa shape index (κ1) is 16.7. The van der Waals surface area contributed by atoms with Crippen molar-refractivity contribution < 1.29 is 23.5 Å². The zero-order valence-corrected chi connectivity index (χ0v) is 12.7. The van der Waals surface area contributed by atoms with Gasteiger partial charge in [0.25, 0.3) is 0 Å². The maximum absolute atomic E-state index is 13.0. The average molecular weight is 320 g/mol. The number of aryl methyl sites for hydroxylation is 1. The van der Waals surface area contributed by atoms with Crippen LogP contribution in [0, 0.1) is 12.7 Å². The highest BCUT2D eigenvalue weighted by Gasteiger charge is 2.28. The first-order chi connectivity index (χ1) is 10.8. The molecule has 6 nitrogen and oxygen atoms in total. The molecule has 1 aromatic carbocycles. The highest BCUT2D eigenvalue weighted by molar-refractivity contribution is 6.39. The first-order valence-corrected chi connectivity index (χ1v) is 6.92. The van der Waals surface area contributed by atoms with E-state index in [-0.39, 0.29) is 18.0 Å². The molecule has 1 unspecified atom stereocenters. The van der Waals surface area contributed by atoms with Crippen LogP contribution in [0.4, 0.5) is 10.1 Å². The van der Waals surface area contributed by atoms with Crippen molar-refractivity contribution in [3.63, 3.8) is 0 Å².